The monoisotopic (exact) mass is 360 g/mol. The number of ketones is 2. The molecule has 2 aromatic rings. The number of carbonyl (C=O) groups is 2. The van der Waals surface area contributed by atoms with Crippen LogP contribution in [0.2, 0.25) is 0 Å². The molecule has 0 aromatic heterocycles. The summed E-state index contributed by atoms with van der Waals surface area (Å²) >= 11 is 0. The number of hydrogen-bond donors (Lipinski definition) is 3. The highest BCUT2D eigenvalue weighted by Crippen LogP contribution is 2.46. The number of benzene rings is 2. The molecule has 0 radical (unpaired) electrons. The second-order valence-corrected chi connectivity index (χ2v) is 6.78. The molecule has 6 heteroatoms. The summed E-state index contributed by atoms with van der Waals surface area (Å²) in [6, 6.07) is 6.38. The molecule has 5 nitrogen and oxygen atoms in total. The molecular weight excluding hydrogens is 344 g/mol. The lowest BCUT2D eigenvalue weighted by Gasteiger charge is -2.33. The van der Waals surface area contributed by atoms with Crippen LogP contribution in [0.15, 0.2) is 24.3 Å². The van der Waals surface area contributed by atoms with Crippen molar-refractivity contribution >= 4 is 24.0 Å². The van der Waals surface area contributed by atoms with Crippen molar-refractivity contribution in [2.45, 2.75) is 31.8 Å². The molecule has 0 heterocycles. The van der Waals surface area contributed by atoms with Crippen molar-refractivity contribution in [3.05, 3.63) is 57.6 Å². The average molecular weight is 361 g/mol. The molecule has 2 aliphatic carbocycles. The Morgan fingerprint density at radius 3 is 1.92 bits per heavy atom. The number of phenolic OH excluding ortho intramolecular Hbond substituents is 2. The van der Waals surface area contributed by atoms with Crippen LogP contribution in [-0.2, 0) is 12.8 Å². The Kier molecular flexibility index (Phi) is 3.89. The highest BCUT2D eigenvalue weighted by molar-refractivity contribution is 6.30. The lowest BCUT2D eigenvalue weighted by molar-refractivity contribution is 0.0446. The molecule has 2 aliphatic rings. The molecule has 1 atom stereocenters. The maximum Gasteiger partial charge on any atom is 0.198 e. The van der Waals surface area contributed by atoms with Crippen molar-refractivity contribution in [3.8, 4) is 11.5 Å². The van der Waals surface area contributed by atoms with Gasteiger partial charge in [0.15, 0.2) is 11.6 Å². The van der Waals surface area contributed by atoms with Gasteiger partial charge in [-0.25, -0.2) is 0 Å². The second-order valence-electron chi connectivity index (χ2n) is 6.78. The third kappa shape index (κ3) is 2.34. The number of rotatable bonds is 0. The lowest BCUT2D eigenvalue weighted by atomic mass is 9.75. The molecule has 25 heavy (non-hydrogen) atoms. The quantitative estimate of drug-likeness (QED) is 0.535. The van der Waals surface area contributed by atoms with Crippen molar-refractivity contribution in [2.24, 2.45) is 0 Å². The van der Waals surface area contributed by atoms with Crippen molar-refractivity contribution < 1.29 is 24.9 Å². The summed E-state index contributed by atoms with van der Waals surface area (Å²) in [4.78, 5) is 25.6. The SMILES string of the molecule is CC1(O)CCc2c(O)c3c(c(O)c2C1)C(=O)c1ccccc1C3=O.Cl. The standard InChI is InChI=1S/C19H16O5.ClH/c1-19(24)7-6-11-12(8-19)18(23)14-13(17(11)22)15(20)9-4-2-3-5-10(9)16(14)21;/h2-5,22-24H,6-8H2,1H3;1H. The highest BCUT2D eigenvalue weighted by atomic mass is 35.5. The number of carbonyl (C=O) groups excluding carboxylic acids is 2. The zero-order chi connectivity index (χ0) is 17.2. The van der Waals surface area contributed by atoms with Crippen LogP contribution in [0, 0.1) is 0 Å². The molecule has 4 rings (SSSR count). The van der Waals surface area contributed by atoms with E-state index in [0.717, 1.165) is 0 Å². The van der Waals surface area contributed by atoms with Crippen LogP contribution in [0.25, 0.3) is 0 Å². The van der Waals surface area contributed by atoms with Gasteiger partial charge < -0.3 is 15.3 Å². The molecule has 3 N–H and O–H groups in total. The van der Waals surface area contributed by atoms with Crippen LogP contribution in [0.4, 0.5) is 0 Å². The van der Waals surface area contributed by atoms with E-state index in [1.54, 1.807) is 25.1 Å². The third-order valence-corrected chi connectivity index (χ3v) is 5.00. The van der Waals surface area contributed by atoms with Gasteiger partial charge in [0.1, 0.15) is 11.5 Å². The van der Waals surface area contributed by atoms with E-state index in [-0.39, 0.29) is 52.6 Å². The summed E-state index contributed by atoms with van der Waals surface area (Å²) in [5.74, 6) is -1.50. The van der Waals surface area contributed by atoms with Gasteiger partial charge in [-0.1, -0.05) is 24.3 Å². The number of fused-ring (bicyclic) bond motifs is 3. The maximum atomic E-state index is 12.8. The summed E-state index contributed by atoms with van der Waals surface area (Å²) in [5, 5.41) is 31.6. The normalized spacial score (nSPS) is 21.0. The van der Waals surface area contributed by atoms with E-state index in [2.05, 4.69) is 0 Å². The van der Waals surface area contributed by atoms with Gasteiger partial charge in [-0.15, -0.1) is 12.4 Å². The minimum Gasteiger partial charge on any atom is -0.507 e. The summed E-state index contributed by atoms with van der Waals surface area (Å²) < 4.78 is 0. The van der Waals surface area contributed by atoms with Crippen LogP contribution in [0.3, 0.4) is 0 Å². The smallest absolute Gasteiger partial charge is 0.198 e. The minimum absolute atomic E-state index is 0. The van der Waals surface area contributed by atoms with Gasteiger partial charge in [0, 0.05) is 28.7 Å². The van der Waals surface area contributed by atoms with Crippen LogP contribution in [-0.4, -0.2) is 32.5 Å². The third-order valence-electron chi connectivity index (χ3n) is 5.00. The van der Waals surface area contributed by atoms with E-state index in [0.29, 0.717) is 24.0 Å². The Balaban J connectivity index is 0.00000182. The Hall–Kier alpha value is -2.37. The predicted octanol–water partition coefficient (Wildman–Crippen LogP) is 2.53. The van der Waals surface area contributed by atoms with Gasteiger partial charge in [-0.2, -0.15) is 0 Å². The summed E-state index contributed by atoms with van der Waals surface area (Å²) in [5.41, 5.74) is -0.0738. The molecule has 0 aliphatic heterocycles. The fourth-order valence-corrected chi connectivity index (χ4v) is 3.74. The van der Waals surface area contributed by atoms with E-state index in [9.17, 15) is 24.9 Å². The number of aromatic hydroxyl groups is 2. The first-order valence-corrected chi connectivity index (χ1v) is 7.82. The first-order chi connectivity index (χ1) is 11.3. The molecule has 0 saturated carbocycles. The molecule has 0 fully saturated rings. The Morgan fingerprint density at radius 2 is 1.40 bits per heavy atom. The van der Waals surface area contributed by atoms with Crippen LogP contribution in [0.1, 0.15) is 56.3 Å². The van der Waals surface area contributed by atoms with Gasteiger partial charge in [0.2, 0.25) is 0 Å². The Bertz CT molecular complexity index is 930. The topological polar surface area (TPSA) is 94.8 Å². The predicted molar refractivity (Wildman–Crippen MR) is 93.0 cm³/mol. The molecule has 0 saturated heterocycles. The van der Waals surface area contributed by atoms with E-state index >= 15 is 0 Å². The molecule has 0 amide bonds. The number of halogens is 1. The molecule has 0 bridgehead atoms. The van der Waals surface area contributed by atoms with Crippen molar-refractivity contribution in [2.75, 3.05) is 0 Å². The van der Waals surface area contributed by atoms with E-state index in [4.69, 9.17) is 0 Å². The van der Waals surface area contributed by atoms with Crippen LogP contribution >= 0.6 is 12.4 Å². The first-order valence-electron chi connectivity index (χ1n) is 7.82. The largest absolute Gasteiger partial charge is 0.507 e. The summed E-state index contributed by atoms with van der Waals surface area (Å²) in [7, 11) is 0. The maximum absolute atomic E-state index is 12.8. The summed E-state index contributed by atoms with van der Waals surface area (Å²) in [6.45, 7) is 1.65. The minimum atomic E-state index is -1.02. The molecule has 2 aromatic carbocycles. The average Bonchev–Trinajstić information content (AvgIpc) is 2.55. The fraction of sp³-hybridized carbons (Fsp3) is 0.263. The number of aliphatic hydroxyl groups is 1. The lowest BCUT2D eigenvalue weighted by Crippen LogP contribution is -2.33. The second kappa shape index (κ2) is 5.58. The van der Waals surface area contributed by atoms with Gasteiger partial charge in [0.05, 0.1) is 16.7 Å². The van der Waals surface area contributed by atoms with Crippen molar-refractivity contribution in [1.82, 2.24) is 0 Å². The van der Waals surface area contributed by atoms with E-state index < -0.39 is 17.2 Å². The summed E-state index contributed by atoms with van der Waals surface area (Å²) in [6.07, 6.45) is 0.862. The van der Waals surface area contributed by atoms with Gasteiger partial charge in [-0.3, -0.25) is 9.59 Å². The van der Waals surface area contributed by atoms with Gasteiger partial charge >= 0.3 is 0 Å². The Labute approximate surface area is 150 Å². The van der Waals surface area contributed by atoms with Gasteiger partial charge in [-0.05, 0) is 19.8 Å². The zero-order valence-electron chi connectivity index (χ0n) is 13.5. The molecular formula is C19H17ClO5. The van der Waals surface area contributed by atoms with Crippen molar-refractivity contribution in [3.63, 3.8) is 0 Å². The van der Waals surface area contributed by atoms with Crippen LogP contribution in [0.5, 0.6) is 11.5 Å². The zero-order valence-corrected chi connectivity index (χ0v) is 14.3. The highest BCUT2D eigenvalue weighted by Gasteiger charge is 2.40. The Morgan fingerprint density at radius 1 is 0.920 bits per heavy atom. The fourth-order valence-electron chi connectivity index (χ4n) is 3.74. The van der Waals surface area contributed by atoms with E-state index in [1.807, 2.05) is 0 Å². The van der Waals surface area contributed by atoms with Gasteiger partial charge in [0.25, 0.3) is 0 Å². The number of phenols is 2. The van der Waals surface area contributed by atoms with E-state index in [1.165, 1.54) is 6.07 Å². The molecule has 130 valence electrons. The van der Waals surface area contributed by atoms with Crippen molar-refractivity contribution in [1.29, 1.82) is 0 Å². The molecule has 0 spiro atoms. The number of hydrogen-bond acceptors (Lipinski definition) is 5. The first kappa shape index (κ1) is 17.5. The molecule has 1 unspecified atom stereocenters. The van der Waals surface area contributed by atoms with Crippen LogP contribution < -0.4 is 0 Å².